The van der Waals surface area contributed by atoms with Crippen LogP contribution in [0.2, 0.25) is 0 Å². The predicted octanol–water partition coefficient (Wildman–Crippen LogP) is -0.862. The van der Waals surface area contributed by atoms with Crippen molar-refractivity contribution in [2.45, 2.75) is 12.5 Å². The molecule has 0 unspecified atom stereocenters. The summed E-state index contributed by atoms with van der Waals surface area (Å²) in [5, 5.41) is 2.49. The predicted molar refractivity (Wildman–Crippen MR) is 150 cm³/mol. The van der Waals surface area contributed by atoms with Gasteiger partial charge in [0.2, 0.25) is 11.2 Å². The molecular formula is C25H45N3O13S. The summed E-state index contributed by atoms with van der Waals surface area (Å²) in [6.45, 7) is 2.94. The van der Waals surface area contributed by atoms with Gasteiger partial charge in [-0.3, -0.25) is 19.8 Å². The van der Waals surface area contributed by atoms with Crippen molar-refractivity contribution in [2.75, 3.05) is 120 Å². The molecule has 0 aliphatic rings. The van der Waals surface area contributed by atoms with Gasteiger partial charge in [0.05, 0.1) is 87.1 Å². The summed E-state index contributed by atoms with van der Waals surface area (Å²) in [5.74, 6) is -2.03. The van der Waals surface area contributed by atoms with E-state index < -0.39 is 30.0 Å². The number of carbonyl (C=O) groups is 5. The van der Waals surface area contributed by atoms with E-state index in [0.29, 0.717) is 46.1 Å². The minimum Gasteiger partial charge on any atom is -0.468 e. The van der Waals surface area contributed by atoms with Gasteiger partial charge in [-0.2, -0.15) is 0 Å². The molecule has 0 saturated heterocycles. The van der Waals surface area contributed by atoms with Gasteiger partial charge < -0.3 is 42.8 Å². The van der Waals surface area contributed by atoms with Crippen LogP contribution in [0.4, 0.5) is 4.79 Å². The molecule has 0 radical (unpaired) electrons. The Hall–Kier alpha value is -2.54. The van der Waals surface area contributed by atoms with E-state index in [9.17, 15) is 24.0 Å². The van der Waals surface area contributed by atoms with E-state index in [1.54, 1.807) is 12.0 Å². The quantitative estimate of drug-likeness (QED) is 0.0434. The molecule has 0 saturated carbocycles. The van der Waals surface area contributed by atoms with Crippen molar-refractivity contribution < 1.29 is 61.9 Å². The van der Waals surface area contributed by atoms with E-state index in [0.717, 1.165) is 26.0 Å². The van der Waals surface area contributed by atoms with Crippen molar-refractivity contribution in [2.24, 2.45) is 0 Å². The summed E-state index contributed by atoms with van der Waals surface area (Å²) in [6.07, 6.45) is -0.281. The van der Waals surface area contributed by atoms with Gasteiger partial charge in [-0.25, -0.2) is 14.4 Å². The lowest BCUT2D eigenvalue weighted by atomic mass is 10.2. The van der Waals surface area contributed by atoms with E-state index in [-0.39, 0.29) is 50.3 Å². The minimum absolute atomic E-state index is 0.0883. The van der Waals surface area contributed by atoms with Crippen LogP contribution in [0.25, 0.3) is 0 Å². The summed E-state index contributed by atoms with van der Waals surface area (Å²) >= 11 is 0.952. The van der Waals surface area contributed by atoms with Gasteiger partial charge in [-0.15, -0.1) is 0 Å². The fourth-order valence-corrected chi connectivity index (χ4v) is 3.74. The zero-order chi connectivity index (χ0) is 31.6. The van der Waals surface area contributed by atoms with Crippen molar-refractivity contribution in [3.05, 3.63) is 0 Å². The van der Waals surface area contributed by atoms with Gasteiger partial charge in [-0.05, 0) is 13.0 Å². The second kappa shape index (κ2) is 26.1. The first-order valence-corrected chi connectivity index (χ1v) is 14.1. The molecular weight excluding hydrogens is 582 g/mol. The molecule has 0 atom stereocenters. The number of esters is 3. The lowest BCUT2D eigenvalue weighted by Gasteiger charge is -2.26. The maximum atomic E-state index is 12.5. The second-order valence-corrected chi connectivity index (χ2v) is 9.27. The number of thioether (sulfide) groups is 1. The Morgan fingerprint density at radius 3 is 1.83 bits per heavy atom. The first-order valence-electron chi connectivity index (χ1n) is 13.1. The zero-order valence-corrected chi connectivity index (χ0v) is 25.9. The fourth-order valence-electron chi connectivity index (χ4n) is 3.14. The molecule has 42 heavy (non-hydrogen) atoms. The fraction of sp³-hybridized carbons (Fsp3) is 0.800. The molecule has 0 fully saturated rings. The Kier molecular flexibility index (Phi) is 24.5. The number of carbonyl (C=O) groups excluding carboxylic acids is 5. The van der Waals surface area contributed by atoms with Crippen LogP contribution in [0.1, 0.15) is 6.42 Å². The number of amides is 1. The van der Waals surface area contributed by atoms with Gasteiger partial charge in [0, 0.05) is 26.7 Å². The third-order valence-electron chi connectivity index (χ3n) is 5.36. The molecule has 0 aromatic carbocycles. The highest BCUT2D eigenvalue weighted by molar-refractivity contribution is 8.13. The Morgan fingerprint density at radius 1 is 0.690 bits per heavy atom. The van der Waals surface area contributed by atoms with Crippen LogP contribution >= 0.6 is 11.8 Å². The first-order chi connectivity index (χ1) is 20.2. The molecule has 17 heteroatoms. The highest BCUT2D eigenvalue weighted by Gasteiger charge is 2.28. The monoisotopic (exact) mass is 627 g/mol. The smallest absolute Gasteiger partial charge is 0.409 e. The number of rotatable bonds is 25. The van der Waals surface area contributed by atoms with Crippen LogP contribution < -0.4 is 5.32 Å². The summed E-state index contributed by atoms with van der Waals surface area (Å²) in [4.78, 5) is 63.2. The largest absolute Gasteiger partial charge is 0.468 e. The Balaban J connectivity index is 4.64. The minimum atomic E-state index is -1.30. The molecule has 1 amide bonds. The lowest BCUT2D eigenvalue weighted by molar-refractivity contribution is -0.155. The van der Waals surface area contributed by atoms with Crippen LogP contribution in [-0.4, -0.2) is 165 Å². The van der Waals surface area contributed by atoms with Crippen molar-refractivity contribution in [1.82, 2.24) is 15.1 Å². The second-order valence-electron chi connectivity index (χ2n) is 8.29. The summed E-state index contributed by atoms with van der Waals surface area (Å²) in [6, 6.07) is -1.30. The highest BCUT2D eigenvalue weighted by atomic mass is 32.2. The molecule has 16 nitrogen and oxygen atoms in total. The van der Waals surface area contributed by atoms with E-state index in [1.807, 2.05) is 0 Å². The Bertz CT molecular complexity index is 775. The summed E-state index contributed by atoms with van der Waals surface area (Å²) in [7, 11) is 6.36. The molecule has 0 aliphatic heterocycles. The number of nitrogens with zero attached hydrogens (tertiary/aromatic N) is 2. The van der Waals surface area contributed by atoms with Crippen LogP contribution in [0, 0.1) is 0 Å². The normalized spacial score (nSPS) is 10.9. The third kappa shape index (κ3) is 19.6. The lowest BCUT2D eigenvalue weighted by Crippen LogP contribution is -2.46. The SMILES string of the molecule is COCCOCCOCCOCSC(=O)CN(CCN(CCCNC(C(=O)OC)C(=O)OC)C(=O)OC)CC(=O)OC. The van der Waals surface area contributed by atoms with Crippen LogP contribution in [0.15, 0.2) is 0 Å². The van der Waals surface area contributed by atoms with Gasteiger partial charge in [-0.1, -0.05) is 11.8 Å². The number of hydrogen-bond donors (Lipinski definition) is 1. The third-order valence-corrected chi connectivity index (χ3v) is 6.09. The number of nitrogens with one attached hydrogen (secondary N) is 1. The Morgan fingerprint density at radius 2 is 1.29 bits per heavy atom. The van der Waals surface area contributed by atoms with E-state index in [4.69, 9.17) is 28.4 Å². The van der Waals surface area contributed by atoms with Crippen molar-refractivity contribution in [3.8, 4) is 0 Å². The first kappa shape index (κ1) is 39.5. The van der Waals surface area contributed by atoms with Crippen molar-refractivity contribution in [1.29, 1.82) is 0 Å². The zero-order valence-electron chi connectivity index (χ0n) is 25.1. The summed E-state index contributed by atoms with van der Waals surface area (Å²) in [5.41, 5.74) is 0. The van der Waals surface area contributed by atoms with Crippen molar-refractivity contribution in [3.63, 3.8) is 0 Å². The van der Waals surface area contributed by atoms with E-state index in [1.165, 1.54) is 19.1 Å². The van der Waals surface area contributed by atoms with Gasteiger partial charge in [0.15, 0.2) is 0 Å². The summed E-state index contributed by atoms with van der Waals surface area (Å²) < 4.78 is 39.7. The molecule has 1 N–H and O–H groups in total. The highest BCUT2D eigenvalue weighted by Crippen LogP contribution is 2.06. The molecule has 0 spiro atoms. The number of ether oxygens (including phenoxy) is 8. The van der Waals surface area contributed by atoms with E-state index >= 15 is 0 Å². The average Bonchev–Trinajstić information content (AvgIpc) is 2.99. The molecule has 244 valence electrons. The average molecular weight is 628 g/mol. The van der Waals surface area contributed by atoms with Gasteiger partial charge >= 0.3 is 24.0 Å². The maximum absolute atomic E-state index is 12.5. The van der Waals surface area contributed by atoms with Crippen LogP contribution in [-0.2, 0) is 57.1 Å². The van der Waals surface area contributed by atoms with Crippen LogP contribution in [0.3, 0.4) is 0 Å². The molecule has 0 aromatic rings. The molecule has 0 bridgehead atoms. The molecule has 0 aliphatic carbocycles. The van der Waals surface area contributed by atoms with Crippen LogP contribution in [0.5, 0.6) is 0 Å². The van der Waals surface area contributed by atoms with Gasteiger partial charge in [0.25, 0.3) is 0 Å². The van der Waals surface area contributed by atoms with Gasteiger partial charge in [0.1, 0.15) is 0 Å². The van der Waals surface area contributed by atoms with Crippen molar-refractivity contribution >= 4 is 40.9 Å². The molecule has 0 aromatic heterocycles. The maximum Gasteiger partial charge on any atom is 0.409 e. The number of hydrogen-bond acceptors (Lipinski definition) is 16. The topological polar surface area (TPSA) is 178 Å². The number of methoxy groups -OCH3 is 5. The van der Waals surface area contributed by atoms with E-state index in [2.05, 4.69) is 14.8 Å². The molecule has 0 heterocycles. The standard InChI is InChI=1S/C25H45N3O13S/c1-34-11-12-39-13-14-40-15-16-41-19-42-21(30)18-27(17-20(29)35-2)9-10-28(25(33)38-5)8-6-7-26-22(23(31)36-3)24(32)37-4/h22,26H,6-19H2,1-5H3. The Labute approximate surface area is 250 Å². The molecule has 0 rings (SSSR count).